The van der Waals surface area contributed by atoms with Gasteiger partial charge in [0.1, 0.15) is 0 Å². The minimum atomic E-state index is -0.921. The van der Waals surface area contributed by atoms with E-state index in [1.807, 2.05) is 86.3 Å². The first-order valence-electron chi connectivity index (χ1n) is 16.5. The largest absolute Gasteiger partial charge is 0.478 e. The zero-order chi connectivity index (χ0) is 34.2. The van der Waals surface area contributed by atoms with E-state index in [2.05, 4.69) is 24.2 Å². The summed E-state index contributed by atoms with van der Waals surface area (Å²) in [6.45, 7) is 11.2. The van der Waals surface area contributed by atoms with Gasteiger partial charge >= 0.3 is 12.0 Å². The van der Waals surface area contributed by atoms with Crippen molar-refractivity contribution in [3.8, 4) is 0 Å². The van der Waals surface area contributed by atoms with Gasteiger partial charge < -0.3 is 24.8 Å². The van der Waals surface area contributed by atoms with Gasteiger partial charge in [-0.1, -0.05) is 68.4 Å². The Morgan fingerprint density at radius 2 is 1.55 bits per heavy atom. The van der Waals surface area contributed by atoms with Crippen molar-refractivity contribution in [2.45, 2.75) is 98.0 Å². The molecule has 0 radical (unpaired) electrons. The number of amides is 2. The number of anilines is 1. The molecule has 1 saturated carbocycles. The molecular weight excluding hydrogens is 594 g/mol. The molecule has 1 fully saturated rings. The van der Waals surface area contributed by atoms with Crippen LogP contribution in [0.5, 0.6) is 0 Å². The lowest BCUT2D eigenvalue weighted by Gasteiger charge is -2.33. The molecule has 9 nitrogen and oxygen atoms in total. The highest BCUT2D eigenvalue weighted by molar-refractivity contribution is 5.91. The first-order valence-corrected chi connectivity index (χ1v) is 16.5. The van der Waals surface area contributed by atoms with Crippen LogP contribution in [0.2, 0.25) is 0 Å². The summed E-state index contributed by atoms with van der Waals surface area (Å²) in [4.78, 5) is 40.1. The first kappa shape index (κ1) is 37.2. The van der Waals surface area contributed by atoms with Crippen molar-refractivity contribution in [2.24, 2.45) is 4.99 Å². The molecule has 2 amide bonds. The van der Waals surface area contributed by atoms with Gasteiger partial charge in [-0.3, -0.25) is 0 Å². The molecular formula is C38H49N3O6. The van der Waals surface area contributed by atoms with Crippen LogP contribution in [0.15, 0.2) is 71.7 Å². The van der Waals surface area contributed by atoms with Crippen LogP contribution in [0.1, 0.15) is 85.0 Å². The van der Waals surface area contributed by atoms with Gasteiger partial charge in [-0.15, -0.1) is 0 Å². The Balaban J connectivity index is 0.000000511. The summed E-state index contributed by atoms with van der Waals surface area (Å²) in [5.41, 5.74) is 5.32. The first-order chi connectivity index (χ1) is 22.7. The number of carbonyl (C=O) groups is 2. The number of carboxylic acids is 1. The van der Waals surface area contributed by atoms with E-state index in [0.29, 0.717) is 30.0 Å². The average molecular weight is 644 g/mol. The van der Waals surface area contributed by atoms with Gasteiger partial charge in [-0.2, -0.15) is 4.99 Å². The van der Waals surface area contributed by atoms with Gasteiger partial charge in [0.25, 0.3) is 0 Å². The highest BCUT2D eigenvalue weighted by Crippen LogP contribution is 2.26. The topological polar surface area (TPSA) is 118 Å². The number of aromatic carboxylic acids is 1. The van der Waals surface area contributed by atoms with E-state index in [4.69, 9.17) is 9.47 Å². The normalized spacial score (nSPS) is 15.6. The van der Waals surface area contributed by atoms with Crippen molar-refractivity contribution in [1.29, 1.82) is 0 Å². The monoisotopic (exact) mass is 643 g/mol. The number of isocyanates is 1. The van der Waals surface area contributed by atoms with Crippen molar-refractivity contribution < 1.29 is 29.0 Å². The molecule has 3 aromatic rings. The molecule has 0 saturated heterocycles. The van der Waals surface area contributed by atoms with Gasteiger partial charge in [0, 0.05) is 18.3 Å². The summed E-state index contributed by atoms with van der Waals surface area (Å²) in [7, 11) is 0. The maximum absolute atomic E-state index is 13.2. The van der Waals surface area contributed by atoms with Crippen LogP contribution in [0.25, 0.3) is 0 Å². The van der Waals surface area contributed by atoms with E-state index in [1.54, 1.807) is 6.07 Å². The molecule has 0 aromatic heterocycles. The van der Waals surface area contributed by atoms with Gasteiger partial charge in [0.2, 0.25) is 6.08 Å². The summed E-state index contributed by atoms with van der Waals surface area (Å²) < 4.78 is 12.4. The molecule has 252 valence electrons. The molecule has 4 rings (SSSR count). The maximum Gasteiger partial charge on any atom is 0.336 e. The molecule has 1 aliphatic carbocycles. The Morgan fingerprint density at radius 1 is 0.915 bits per heavy atom. The minimum absolute atomic E-state index is 0.0281. The number of ether oxygens (including phenoxy) is 2. The van der Waals surface area contributed by atoms with E-state index >= 15 is 0 Å². The van der Waals surface area contributed by atoms with Crippen LogP contribution in [0, 0.1) is 20.8 Å². The van der Waals surface area contributed by atoms with Crippen LogP contribution in [0.4, 0.5) is 16.2 Å². The Kier molecular flexibility index (Phi) is 15.3. The highest BCUT2D eigenvalue weighted by atomic mass is 16.5. The minimum Gasteiger partial charge on any atom is -0.478 e. The number of rotatable bonds is 13. The molecule has 3 aromatic carbocycles. The predicted molar refractivity (Wildman–Crippen MR) is 185 cm³/mol. The van der Waals surface area contributed by atoms with E-state index < -0.39 is 5.97 Å². The number of hydrogen-bond donors (Lipinski definition) is 2. The number of carbonyl (C=O) groups excluding carboxylic acids is 2. The Hall–Kier alpha value is -4.30. The van der Waals surface area contributed by atoms with Gasteiger partial charge in [0.15, 0.2) is 0 Å². The van der Waals surface area contributed by atoms with Crippen LogP contribution >= 0.6 is 0 Å². The summed E-state index contributed by atoms with van der Waals surface area (Å²) in [5, 5.41) is 12.6. The van der Waals surface area contributed by atoms with E-state index in [1.165, 1.54) is 6.08 Å². The molecule has 1 aliphatic rings. The van der Waals surface area contributed by atoms with Crippen molar-refractivity contribution in [1.82, 2.24) is 4.90 Å². The van der Waals surface area contributed by atoms with Crippen molar-refractivity contribution in [2.75, 3.05) is 18.5 Å². The van der Waals surface area contributed by atoms with Gasteiger partial charge in [-0.25, -0.2) is 14.4 Å². The van der Waals surface area contributed by atoms with Crippen molar-refractivity contribution in [3.63, 3.8) is 0 Å². The zero-order valence-electron chi connectivity index (χ0n) is 28.3. The Bertz CT molecular complexity index is 1500. The number of benzene rings is 3. The molecule has 0 heterocycles. The predicted octanol–water partition coefficient (Wildman–Crippen LogP) is 8.53. The third kappa shape index (κ3) is 11.5. The lowest BCUT2D eigenvalue weighted by Crippen LogP contribution is -2.44. The van der Waals surface area contributed by atoms with Crippen LogP contribution in [-0.4, -0.2) is 59.5 Å². The van der Waals surface area contributed by atoms with Crippen LogP contribution in [0.3, 0.4) is 0 Å². The van der Waals surface area contributed by atoms with Gasteiger partial charge in [-0.05, 0) is 93.7 Å². The molecule has 0 spiro atoms. The number of urea groups is 1. The summed E-state index contributed by atoms with van der Waals surface area (Å²) in [6.07, 6.45) is 7.03. The zero-order valence-corrected chi connectivity index (χ0v) is 28.3. The second-order valence-electron chi connectivity index (χ2n) is 11.9. The highest BCUT2D eigenvalue weighted by Gasteiger charge is 2.26. The number of carboxylic acid groups (broad SMARTS) is 1. The lowest BCUT2D eigenvalue weighted by atomic mass is 9.94. The van der Waals surface area contributed by atoms with Crippen LogP contribution < -0.4 is 5.32 Å². The number of aryl methyl sites for hydroxylation is 3. The standard InChI is InChI=1S/C30H42N2O5.C8H7NO/c1-5-24(6-2)32(30(35)31-27-16-8-7-11-21(27)3)17-18-36-25-14-10-15-26(19-25)37-20-23-13-9-12-22(4)28(23)29(33)34;1-7-4-2-3-5-8(7)9-6-10/h7-9,11-13,16,24-26H,5-6,10,14-15,17-20H2,1-4H3,(H,31,35)(H,33,34);2-5H,1H3/t25-,26+;/m1./s1. The number of aliphatic imine (C=N–C) groups is 1. The fourth-order valence-electron chi connectivity index (χ4n) is 5.90. The summed E-state index contributed by atoms with van der Waals surface area (Å²) >= 11 is 0. The molecule has 0 aliphatic heterocycles. The van der Waals surface area contributed by atoms with E-state index in [-0.39, 0.29) is 30.9 Å². The average Bonchev–Trinajstić information content (AvgIpc) is 3.06. The third-order valence-corrected chi connectivity index (χ3v) is 8.62. The Morgan fingerprint density at radius 3 is 2.19 bits per heavy atom. The number of hydrogen-bond acceptors (Lipinski definition) is 6. The molecule has 0 unspecified atom stereocenters. The molecule has 2 atom stereocenters. The molecule has 2 N–H and O–H groups in total. The summed E-state index contributed by atoms with van der Waals surface area (Å²) in [5.74, 6) is -0.921. The number of nitrogens with zero attached hydrogens (tertiary/aromatic N) is 2. The fourth-order valence-corrected chi connectivity index (χ4v) is 5.90. The number of para-hydroxylation sites is 2. The molecule has 9 heteroatoms. The van der Waals surface area contributed by atoms with E-state index in [0.717, 1.165) is 60.9 Å². The smallest absolute Gasteiger partial charge is 0.336 e. The van der Waals surface area contributed by atoms with Crippen LogP contribution in [-0.2, 0) is 20.9 Å². The maximum atomic E-state index is 13.2. The second-order valence-corrected chi connectivity index (χ2v) is 11.9. The SMILES string of the molecule is CCC(CC)N(CCO[C@@H]1CCC[C@H](OCc2cccc(C)c2C(=O)O)C1)C(=O)Nc1ccccc1C.Cc1ccccc1N=C=O. The molecule has 47 heavy (non-hydrogen) atoms. The second kappa shape index (κ2) is 19.4. The van der Waals surface area contributed by atoms with Crippen molar-refractivity contribution in [3.05, 3.63) is 94.5 Å². The van der Waals surface area contributed by atoms with Gasteiger partial charge in [0.05, 0.1) is 36.7 Å². The van der Waals surface area contributed by atoms with Crippen molar-refractivity contribution >= 4 is 29.5 Å². The number of nitrogens with one attached hydrogen (secondary N) is 1. The quantitative estimate of drug-likeness (QED) is 0.142. The van der Waals surface area contributed by atoms with E-state index in [9.17, 15) is 19.5 Å². The Labute approximate surface area is 279 Å². The fraction of sp³-hybridized carbons (Fsp3) is 0.447. The third-order valence-electron chi connectivity index (χ3n) is 8.62. The summed E-state index contributed by atoms with van der Waals surface area (Å²) in [6, 6.07) is 20.8. The molecule has 0 bridgehead atoms. The lowest BCUT2D eigenvalue weighted by molar-refractivity contribution is -0.0533.